The van der Waals surface area contributed by atoms with Crippen LogP contribution in [0.3, 0.4) is 0 Å². The first-order valence-corrected chi connectivity index (χ1v) is 10.7. The molecule has 0 spiro atoms. The van der Waals surface area contributed by atoms with Gasteiger partial charge < -0.3 is 19.6 Å². The van der Waals surface area contributed by atoms with Crippen molar-refractivity contribution in [3.63, 3.8) is 0 Å². The number of benzene rings is 2. The number of anilines is 1. The quantitative estimate of drug-likeness (QED) is 0.527. The maximum absolute atomic E-state index is 15.5. The fraction of sp³-hybridized carbons (Fsp3) is 0.263. The minimum Gasteiger partial charge on any atom is -0.497 e. The number of methoxy groups -OCH3 is 1. The molecule has 29 heavy (non-hydrogen) atoms. The monoisotopic (exact) mass is 499 g/mol. The van der Waals surface area contributed by atoms with E-state index >= 15 is 4.39 Å². The van der Waals surface area contributed by atoms with Crippen LogP contribution in [0.15, 0.2) is 28.7 Å². The number of hydrogen-bond acceptors (Lipinski definition) is 5. The summed E-state index contributed by atoms with van der Waals surface area (Å²) >= 11 is 11.2. The number of hydrogen-bond donors (Lipinski definition) is 1. The Kier molecular flexibility index (Phi) is 5.54. The number of fused-ring (bicyclic) bond motifs is 1. The Morgan fingerprint density at radius 2 is 2.03 bits per heavy atom. The molecular formula is C19H16BrClFN3O3S. The van der Waals surface area contributed by atoms with Crippen molar-refractivity contribution < 1.29 is 19.0 Å². The Balaban J connectivity index is 1.76. The zero-order chi connectivity index (χ0) is 20.7. The van der Waals surface area contributed by atoms with E-state index in [9.17, 15) is 4.79 Å². The molecule has 1 saturated heterocycles. The molecule has 0 unspecified atom stereocenters. The fourth-order valence-electron chi connectivity index (χ4n) is 3.40. The number of rotatable bonds is 3. The summed E-state index contributed by atoms with van der Waals surface area (Å²) in [4.78, 5) is 14.5. The molecule has 1 aliphatic rings. The minimum atomic E-state index is -0.929. The largest absolute Gasteiger partial charge is 0.497 e. The van der Waals surface area contributed by atoms with Gasteiger partial charge in [0, 0.05) is 47.2 Å². The maximum atomic E-state index is 15.5. The average Bonchev–Trinajstić information content (AvgIpc) is 3.13. The number of carboxylic acid groups (broad SMARTS) is 1. The topological polar surface area (TPSA) is 65.9 Å². The molecule has 3 aromatic rings. The molecule has 10 heteroatoms. The fourth-order valence-corrected chi connectivity index (χ4v) is 5.04. The number of piperazine rings is 1. The lowest BCUT2D eigenvalue weighted by atomic mass is 10.0. The summed E-state index contributed by atoms with van der Waals surface area (Å²) in [6, 6.07) is 7.00. The predicted molar refractivity (Wildman–Crippen MR) is 116 cm³/mol. The Bertz CT molecular complexity index is 1100. The number of ether oxygens (including phenoxy) is 1. The molecule has 1 aromatic heterocycles. The summed E-state index contributed by atoms with van der Waals surface area (Å²) in [5.74, 6) is 0.0992. The van der Waals surface area contributed by atoms with Crippen molar-refractivity contribution >= 4 is 61.1 Å². The van der Waals surface area contributed by atoms with Gasteiger partial charge in [-0.05, 0) is 35.8 Å². The zero-order valence-electron chi connectivity index (χ0n) is 15.3. The van der Waals surface area contributed by atoms with E-state index in [1.165, 1.54) is 16.4 Å². The Labute approximate surface area is 183 Å². The van der Waals surface area contributed by atoms with Gasteiger partial charge in [0.1, 0.15) is 16.3 Å². The second-order valence-electron chi connectivity index (χ2n) is 6.53. The molecule has 0 radical (unpaired) electrons. The Morgan fingerprint density at radius 1 is 1.31 bits per heavy atom. The van der Waals surface area contributed by atoms with Gasteiger partial charge in [0.25, 0.3) is 0 Å². The molecule has 152 valence electrons. The van der Waals surface area contributed by atoms with Gasteiger partial charge in [-0.2, -0.15) is 4.37 Å². The lowest BCUT2D eigenvalue weighted by Gasteiger charge is -2.33. The molecule has 1 N–H and O–H groups in total. The van der Waals surface area contributed by atoms with Crippen molar-refractivity contribution in [2.45, 2.75) is 0 Å². The molecular weight excluding hydrogens is 485 g/mol. The molecule has 0 saturated carbocycles. The second-order valence-corrected chi connectivity index (χ2v) is 8.55. The number of aromatic nitrogens is 1. The summed E-state index contributed by atoms with van der Waals surface area (Å²) in [6.07, 6.45) is -0.929. The molecule has 1 fully saturated rings. The van der Waals surface area contributed by atoms with Crippen molar-refractivity contribution in [3.8, 4) is 16.9 Å². The first-order chi connectivity index (χ1) is 13.9. The summed E-state index contributed by atoms with van der Waals surface area (Å²) in [5.41, 5.74) is 1.09. The first-order valence-electron chi connectivity index (χ1n) is 8.74. The molecule has 0 aliphatic carbocycles. The summed E-state index contributed by atoms with van der Waals surface area (Å²) in [5, 5.41) is 10.8. The third kappa shape index (κ3) is 3.62. The molecule has 4 rings (SSSR count). The second kappa shape index (κ2) is 7.97. The van der Waals surface area contributed by atoms with E-state index in [2.05, 4.69) is 20.3 Å². The molecule has 2 heterocycles. The van der Waals surface area contributed by atoms with Crippen molar-refractivity contribution in [2.24, 2.45) is 0 Å². The van der Waals surface area contributed by atoms with Gasteiger partial charge >= 0.3 is 6.09 Å². The van der Waals surface area contributed by atoms with Crippen molar-refractivity contribution in [1.29, 1.82) is 0 Å². The van der Waals surface area contributed by atoms with Crippen molar-refractivity contribution in [3.05, 3.63) is 39.6 Å². The summed E-state index contributed by atoms with van der Waals surface area (Å²) < 4.78 is 25.8. The predicted octanol–water partition coefficient (Wildman–Crippen LogP) is 5.33. The Morgan fingerprint density at radius 3 is 2.69 bits per heavy atom. The van der Waals surface area contributed by atoms with Crippen LogP contribution in [0.5, 0.6) is 5.75 Å². The Hall–Kier alpha value is -2.10. The van der Waals surface area contributed by atoms with E-state index < -0.39 is 11.9 Å². The van der Waals surface area contributed by atoms with Crippen LogP contribution < -0.4 is 9.64 Å². The van der Waals surface area contributed by atoms with Crippen molar-refractivity contribution in [2.75, 3.05) is 38.2 Å². The third-order valence-electron chi connectivity index (χ3n) is 4.93. The normalized spacial score (nSPS) is 14.5. The van der Waals surface area contributed by atoms with Crippen LogP contribution in [0.1, 0.15) is 0 Å². The van der Waals surface area contributed by atoms with Crippen molar-refractivity contribution in [1.82, 2.24) is 9.27 Å². The van der Waals surface area contributed by atoms with Crippen LogP contribution in [-0.4, -0.2) is 53.8 Å². The van der Waals surface area contributed by atoms with Gasteiger partial charge in [0.05, 0.1) is 12.1 Å². The van der Waals surface area contributed by atoms with Gasteiger partial charge in [0.15, 0.2) is 5.82 Å². The first kappa shape index (κ1) is 20.2. The van der Waals surface area contributed by atoms with E-state index in [0.717, 1.165) is 5.00 Å². The van der Waals surface area contributed by atoms with Crippen LogP contribution in [-0.2, 0) is 0 Å². The standard InChI is InChI=1S/C19H16BrClFN3O3S/c1-28-10-2-3-13(20)11(8-10)15-14(21)9-12-17(16(15)22)23-29-18(12)24-4-6-25(7-5-24)19(26)27/h2-3,8-9H,4-7H2,1H3,(H,26,27). The minimum absolute atomic E-state index is 0.250. The van der Waals surface area contributed by atoms with Gasteiger partial charge in [-0.1, -0.05) is 27.5 Å². The van der Waals surface area contributed by atoms with Crippen LogP contribution in [0, 0.1) is 5.82 Å². The molecule has 1 aliphatic heterocycles. The van der Waals surface area contributed by atoms with Crippen LogP contribution in [0.4, 0.5) is 14.2 Å². The number of nitrogens with zero attached hydrogens (tertiary/aromatic N) is 3. The SMILES string of the molecule is COc1ccc(Br)c(-c2c(Cl)cc3c(N4CCN(C(=O)O)CC4)snc3c2F)c1. The number of carbonyl (C=O) groups is 1. The van der Waals surface area contributed by atoms with Gasteiger partial charge in [-0.3, -0.25) is 0 Å². The smallest absolute Gasteiger partial charge is 0.407 e. The highest BCUT2D eigenvalue weighted by molar-refractivity contribution is 9.10. The zero-order valence-corrected chi connectivity index (χ0v) is 18.4. The van der Waals surface area contributed by atoms with Crippen LogP contribution in [0.2, 0.25) is 5.02 Å². The molecule has 2 aromatic carbocycles. The maximum Gasteiger partial charge on any atom is 0.407 e. The van der Waals surface area contributed by atoms with E-state index in [-0.39, 0.29) is 16.1 Å². The molecule has 6 nitrogen and oxygen atoms in total. The van der Waals surface area contributed by atoms with Gasteiger partial charge in [-0.25, -0.2) is 9.18 Å². The van der Waals surface area contributed by atoms with E-state index in [1.54, 1.807) is 31.4 Å². The highest BCUT2D eigenvalue weighted by Gasteiger charge is 2.26. The molecule has 0 bridgehead atoms. The van der Waals surface area contributed by atoms with Crippen LogP contribution >= 0.6 is 39.1 Å². The number of amides is 1. The summed E-state index contributed by atoms with van der Waals surface area (Å²) in [6.45, 7) is 1.82. The molecule has 1 amide bonds. The highest BCUT2D eigenvalue weighted by atomic mass is 79.9. The van der Waals surface area contributed by atoms with E-state index in [1.807, 2.05) is 4.90 Å². The number of halogens is 3. The highest BCUT2D eigenvalue weighted by Crippen LogP contribution is 2.43. The van der Waals surface area contributed by atoms with E-state index in [0.29, 0.717) is 47.4 Å². The average molecular weight is 501 g/mol. The lowest BCUT2D eigenvalue weighted by molar-refractivity contribution is 0.142. The van der Waals surface area contributed by atoms with Gasteiger partial charge in [0.2, 0.25) is 0 Å². The third-order valence-corrected chi connectivity index (χ3v) is 6.84. The van der Waals surface area contributed by atoms with E-state index in [4.69, 9.17) is 21.4 Å². The summed E-state index contributed by atoms with van der Waals surface area (Å²) in [7, 11) is 1.55. The molecule has 0 atom stereocenters. The van der Waals surface area contributed by atoms with Crippen LogP contribution in [0.25, 0.3) is 22.0 Å². The lowest BCUT2D eigenvalue weighted by Crippen LogP contribution is -2.48. The van der Waals surface area contributed by atoms with Gasteiger partial charge in [-0.15, -0.1) is 0 Å².